The van der Waals surface area contributed by atoms with Crippen LogP contribution in [0, 0.1) is 0 Å². The molecule has 4 amide bonds. The average molecular weight is 506 g/mol. The van der Waals surface area contributed by atoms with Crippen molar-refractivity contribution in [2.45, 2.75) is 25.9 Å². The van der Waals surface area contributed by atoms with E-state index in [1.165, 1.54) is 4.90 Å². The van der Waals surface area contributed by atoms with Crippen LogP contribution < -0.4 is 10.2 Å². The number of nitrogens with zero attached hydrogens (tertiary/aromatic N) is 2. The van der Waals surface area contributed by atoms with Crippen LogP contribution in [0.3, 0.4) is 0 Å². The van der Waals surface area contributed by atoms with E-state index in [-0.39, 0.29) is 19.6 Å². The number of anilines is 2. The third-order valence-corrected chi connectivity index (χ3v) is 5.91. The summed E-state index contributed by atoms with van der Waals surface area (Å²) in [5.41, 5.74) is 2.02. The fourth-order valence-electron chi connectivity index (χ4n) is 3.91. The minimum atomic E-state index is -0.993. The smallest absolute Gasteiger partial charge is 0.338 e. The number of nitrogens with one attached hydrogen (secondary N) is 1. The van der Waals surface area contributed by atoms with Crippen LogP contribution in [-0.4, -0.2) is 41.4 Å². The number of halogens is 1. The number of rotatable bonds is 8. The molecule has 3 aromatic carbocycles. The standard InChI is InChI=1S/C27H24ClN3O5/c1-2-36-26(34)19-10-14-21(15-11-19)29-24(32)16-23-25(33)31(22-6-4-3-5-7-22)27(35)30(23)17-18-8-12-20(28)13-9-18/h3-15,23H,2,16-17H2,1H3,(H,29,32). The second-order valence-corrected chi connectivity index (χ2v) is 8.55. The first-order chi connectivity index (χ1) is 17.4. The number of para-hydroxylation sites is 1. The average Bonchev–Trinajstić information content (AvgIpc) is 3.10. The molecular formula is C27H24ClN3O5. The maximum absolute atomic E-state index is 13.4. The molecule has 0 radical (unpaired) electrons. The Hall–Kier alpha value is -4.17. The van der Waals surface area contributed by atoms with Crippen LogP contribution in [0.2, 0.25) is 5.02 Å². The van der Waals surface area contributed by atoms with Crippen LogP contribution in [-0.2, 0) is 20.9 Å². The Bertz CT molecular complexity index is 1260. The summed E-state index contributed by atoms with van der Waals surface area (Å²) in [4.78, 5) is 53.9. The Labute approximate surface area is 213 Å². The number of benzene rings is 3. The molecule has 1 unspecified atom stereocenters. The van der Waals surface area contributed by atoms with Gasteiger partial charge in [0.15, 0.2) is 0 Å². The number of hydrogen-bond donors (Lipinski definition) is 1. The monoisotopic (exact) mass is 505 g/mol. The summed E-state index contributed by atoms with van der Waals surface area (Å²) in [6.45, 7) is 2.12. The number of ether oxygens (including phenoxy) is 1. The summed E-state index contributed by atoms with van der Waals surface area (Å²) in [7, 11) is 0. The van der Waals surface area contributed by atoms with Crippen molar-refractivity contribution < 1.29 is 23.9 Å². The summed E-state index contributed by atoms with van der Waals surface area (Å²) in [5, 5.41) is 3.29. The third kappa shape index (κ3) is 5.55. The van der Waals surface area contributed by atoms with E-state index in [0.717, 1.165) is 10.5 Å². The van der Waals surface area contributed by atoms with E-state index >= 15 is 0 Å². The second-order valence-electron chi connectivity index (χ2n) is 8.11. The summed E-state index contributed by atoms with van der Waals surface area (Å²) in [6.07, 6.45) is -0.235. The molecule has 0 spiro atoms. The molecule has 1 aliphatic heterocycles. The van der Waals surface area contributed by atoms with Crippen molar-refractivity contribution in [3.8, 4) is 0 Å². The lowest BCUT2D eigenvalue weighted by Crippen LogP contribution is -2.37. The molecule has 184 valence electrons. The van der Waals surface area contributed by atoms with E-state index in [1.807, 2.05) is 0 Å². The molecule has 1 aliphatic rings. The number of hydrogen-bond acceptors (Lipinski definition) is 5. The number of urea groups is 1. The van der Waals surface area contributed by atoms with E-state index in [2.05, 4.69) is 5.32 Å². The van der Waals surface area contributed by atoms with Gasteiger partial charge in [-0.3, -0.25) is 9.59 Å². The molecule has 0 aromatic heterocycles. The van der Waals surface area contributed by atoms with Crippen molar-refractivity contribution in [2.24, 2.45) is 0 Å². The van der Waals surface area contributed by atoms with Gasteiger partial charge in [-0.25, -0.2) is 14.5 Å². The highest BCUT2D eigenvalue weighted by Gasteiger charge is 2.46. The highest BCUT2D eigenvalue weighted by atomic mass is 35.5. The quantitative estimate of drug-likeness (QED) is 0.347. The molecular weight excluding hydrogens is 482 g/mol. The Morgan fingerprint density at radius 2 is 1.61 bits per heavy atom. The van der Waals surface area contributed by atoms with Crippen molar-refractivity contribution >= 4 is 46.8 Å². The van der Waals surface area contributed by atoms with E-state index in [1.54, 1.807) is 85.8 Å². The molecule has 3 aromatic rings. The zero-order chi connectivity index (χ0) is 25.7. The maximum Gasteiger partial charge on any atom is 0.338 e. The highest BCUT2D eigenvalue weighted by Crippen LogP contribution is 2.29. The Balaban J connectivity index is 1.53. The number of carbonyl (C=O) groups excluding carboxylic acids is 4. The van der Waals surface area contributed by atoms with E-state index in [4.69, 9.17) is 16.3 Å². The van der Waals surface area contributed by atoms with Crippen molar-refractivity contribution in [2.75, 3.05) is 16.8 Å². The van der Waals surface area contributed by atoms with Crippen LogP contribution in [0.5, 0.6) is 0 Å². The highest BCUT2D eigenvalue weighted by molar-refractivity contribution is 6.30. The first-order valence-corrected chi connectivity index (χ1v) is 11.8. The molecule has 9 heteroatoms. The second kappa shape index (κ2) is 11.0. The van der Waals surface area contributed by atoms with E-state index in [0.29, 0.717) is 22.0 Å². The fraction of sp³-hybridized carbons (Fsp3) is 0.185. The molecule has 36 heavy (non-hydrogen) atoms. The third-order valence-electron chi connectivity index (χ3n) is 5.66. The lowest BCUT2D eigenvalue weighted by atomic mass is 10.1. The SMILES string of the molecule is CCOC(=O)c1ccc(NC(=O)CC2C(=O)N(c3ccccc3)C(=O)N2Cc2ccc(Cl)cc2)cc1. The van der Waals surface area contributed by atoms with Crippen molar-refractivity contribution in [3.63, 3.8) is 0 Å². The Kier molecular flexibility index (Phi) is 7.65. The topological polar surface area (TPSA) is 96.0 Å². The molecule has 1 atom stereocenters. The van der Waals surface area contributed by atoms with Crippen LogP contribution in [0.15, 0.2) is 78.9 Å². The lowest BCUT2D eigenvalue weighted by Gasteiger charge is -2.21. The first-order valence-electron chi connectivity index (χ1n) is 11.4. The molecule has 8 nitrogen and oxygen atoms in total. The van der Waals surface area contributed by atoms with Gasteiger partial charge in [-0.2, -0.15) is 0 Å². The normalized spacial score (nSPS) is 15.2. The minimum Gasteiger partial charge on any atom is -0.462 e. The van der Waals surface area contributed by atoms with Crippen molar-refractivity contribution in [1.29, 1.82) is 0 Å². The van der Waals surface area contributed by atoms with Gasteiger partial charge in [0.25, 0.3) is 5.91 Å². The summed E-state index contributed by atoms with van der Waals surface area (Å²) in [6, 6.07) is 20.3. The van der Waals surface area contributed by atoms with Crippen LogP contribution in [0.4, 0.5) is 16.2 Å². The van der Waals surface area contributed by atoms with Crippen LogP contribution in [0.1, 0.15) is 29.3 Å². The minimum absolute atomic E-state index is 0.136. The van der Waals surface area contributed by atoms with Gasteiger partial charge >= 0.3 is 12.0 Å². The summed E-state index contributed by atoms with van der Waals surface area (Å²) < 4.78 is 4.96. The van der Waals surface area contributed by atoms with Gasteiger partial charge < -0.3 is 15.0 Å². The van der Waals surface area contributed by atoms with Gasteiger partial charge in [0.05, 0.1) is 24.3 Å². The van der Waals surface area contributed by atoms with Gasteiger partial charge in [-0.15, -0.1) is 0 Å². The number of amides is 4. The van der Waals surface area contributed by atoms with Crippen molar-refractivity contribution in [3.05, 3.63) is 95.0 Å². The van der Waals surface area contributed by atoms with Gasteiger partial charge in [-0.1, -0.05) is 41.9 Å². The predicted octanol–water partition coefficient (Wildman–Crippen LogP) is 4.88. The maximum atomic E-state index is 13.4. The van der Waals surface area contributed by atoms with Gasteiger partial charge in [-0.05, 0) is 61.0 Å². The van der Waals surface area contributed by atoms with Crippen LogP contribution >= 0.6 is 11.6 Å². The molecule has 1 saturated heterocycles. The molecule has 4 rings (SSSR count). The van der Waals surface area contributed by atoms with Crippen molar-refractivity contribution in [1.82, 2.24) is 4.90 Å². The summed E-state index contributed by atoms with van der Waals surface area (Å²) >= 11 is 5.98. The molecule has 1 N–H and O–H groups in total. The summed E-state index contributed by atoms with van der Waals surface area (Å²) in [5.74, 6) is -1.38. The van der Waals surface area contributed by atoms with E-state index in [9.17, 15) is 19.2 Å². The predicted molar refractivity (Wildman–Crippen MR) is 136 cm³/mol. The first kappa shape index (κ1) is 24.9. The van der Waals surface area contributed by atoms with Crippen LogP contribution in [0.25, 0.3) is 0 Å². The molecule has 0 saturated carbocycles. The largest absolute Gasteiger partial charge is 0.462 e. The molecule has 1 heterocycles. The Morgan fingerprint density at radius 1 is 0.944 bits per heavy atom. The Morgan fingerprint density at radius 3 is 2.25 bits per heavy atom. The lowest BCUT2D eigenvalue weighted by molar-refractivity contribution is -0.124. The van der Waals surface area contributed by atoms with Gasteiger partial charge in [0.2, 0.25) is 5.91 Å². The number of esters is 1. The number of imide groups is 1. The zero-order valence-electron chi connectivity index (χ0n) is 19.5. The van der Waals surface area contributed by atoms with Gasteiger partial charge in [0, 0.05) is 17.3 Å². The number of carbonyl (C=O) groups is 4. The fourth-order valence-corrected chi connectivity index (χ4v) is 4.03. The molecule has 0 aliphatic carbocycles. The molecule has 0 bridgehead atoms. The van der Waals surface area contributed by atoms with E-state index < -0.39 is 29.9 Å². The van der Waals surface area contributed by atoms with Gasteiger partial charge in [0.1, 0.15) is 6.04 Å². The molecule has 1 fully saturated rings. The zero-order valence-corrected chi connectivity index (χ0v) is 20.3.